The van der Waals surface area contributed by atoms with Crippen molar-refractivity contribution in [2.24, 2.45) is 5.10 Å². The van der Waals surface area contributed by atoms with E-state index in [9.17, 15) is 4.79 Å². The van der Waals surface area contributed by atoms with Crippen molar-refractivity contribution in [3.63, 3.8) is 0 Å². The Morgan fingerprint density at radius 3 is 2.33 bits per heavy atom. The van der Waals surface area contributed by atoms with Crippen molar-refractivity contribution in [3.05, 3.63) is 35.9 Å². The average Bonchev–Trinajstić information content (AvgIpc) is 2.31. The van der Waals surface area contributed by atoms with Crippen LogP contribution < -0.4 is 5.43 Å². The van der Waals surface area contributed by atoms with Crippen molar-refractivity contribution in [3.8, 4) is 0 Å². The van der Waals surface area contributed by atoms with Crippen molar-refractivity contribution >= 4 is 33.8 Å². The molecule has 0 radical (unpaired) electrons. The fourth-order valence-electron chi connectivity index (χ4n) is 0.925. The van der Waals surface area contributed by atoms with Crippen molar-refractivity contribution in [1.29, 1.82) is 0 Å². The highest BCUT2D eigenvalue weighted by atomic mass is 32.2. The number of hydrogen-bond acceptors (Lipinski definition) is 4. The third-order valence-electron chi connectivity index (χ3n) is 1.63. The number of carbonyl (C=O) groups excluding carboxylic acids is 1. The minimum atomic E-state index is -0.184. The first-order valence-corrected chi connectivity index (χ1v) is 6.74. The number of nitrogens with zero attached hydrogens (tertiary/aromatic N) is 1. The van der Waals surface area contributed by atoms with Gasteiger partial charge in [-0.2, -0.15) is 5.10 Å². The molecule has 0 atom stereocenters. The van der Waals surface area contributed by atoms with Gasteiger partial charge in [-0.05, 0) is 24.6 Å². The number of hydrogen-bond donors (Lipinski definition) is 1. The summed E-state index contributed by atoms with van der Waals surface area (Å²) in [6.45, 7) is 0. The maximum absolute atomic E-state index is 11.5. The third-order valence-corrected chi connectivity index (χ3v) is 3.52. The van der Waals surface area contributed by atoms with E-state index >= 15 is 0 Å². The van der Waals surface area contributed by atoms with Gasteiger partial charge in [-0.15, -0.1) is 23.5 Å². The number of nitrogens with one attached hydrogen (secondary N) is 1. The summed E-state index contributed by atoms with van der Waals surface area (Å²) in [6, 6.07) is 9.02. The second-order valence-electron chi connectivity index (χ2n) is 2.59. The molecular formula is C10H12N2OS2. The lowest BCUT2D eigenvalue weighted by Gasteiger charge is -2.01. The van der Waals surface area contributed by atoms with E-state index in [0.717, 1.165) is 4.38 Å². The highest BCUT2D eigenvalue weighted by Gasteiger charge is 2.02. The van der Waals surface area contributed by atoms with Crippen LogP contribution in [0.2, 0.25) is 0 Å². The number of carbonyl (C=O) groups is 1. The van der Waals surface area contributed by atoms with Gasteiger partial charge in [-0.25, -0.2) is 5.43 Å². The van der Waals surface area contributed by atoms with Crippen LogP contribution in [-0.4, -0.2) is 22.8 Å². The highest BCUT2D eigenvalue weighted by molar-refractivity contribution is 8.38. The third kappa shape index (κ3) is 3.97. The first-order valence-electron chi connectivity index (χ1n) is 4.29. The van der Waals surface area contributed by atoms with Crippen LogP contribution in [0.5, 0.6) is 0 Å². The van der Waals surface area contributed by atoms with Crippen LogP contribution in [0, 0.1) is 0 Å². The van der Waals surface area contributed by atoms with E-state index < -0.39 is 0 Å². The molecule has 3 nitrogen and oxygen atoms in total. The first kappa shape index (κ1) is 12.1. The van der Waals surface area contributed by atoms with Gasteiger partial charge in [0.1, 0.15) is 4.38 Å². The molecule has 0 saturated heterocycles. The van der Waals surface area contributed by atoms with Crippen molar-refractivity contribution in [1.82, 2.24) is 5.43 Å². The molecule has 1 amide bonds. The molecular weight excluding hydrogens is 228 g/mol. The molecule has 1 aromatic rings. The molecule has 0 aliphatic rings. The van der Waals surface area contributed by atoms with E-state index in [1.807, 2.05) is 30.7 Å². The zero-order chi connectivity index (χ0) is 11.1. The molecule has 1 aromatic carbocycles. The van der Waals surface area contributed by atoms with Gasteiger partial charge < -0.3 is 0 Å². The predicted octanol–water partition coefficient (Wildman–Crippen LogP) is 2.41. The standard InChI is InChI=1S/C10H12N2OS2/c1-14-10(15-2)12-11-9(13)8-6-4-3-5-7-8/h3-7H,1-2H3,(H,11,13). The second kappa shape index (κ2) is 6.53. The Labute approximate surface area is 97.7 Å². The smallest absolute Gasteiger partial charge is 0.267 e. The van der Waals surface area contributed by atoms with Gasteiger partial charge in [0.05, 0.1) is 0 Å². The lowest BCUT2D eigenvalue weighted by atomic mass is 10.2. The van der Waals surface area contributed by atoms with Crippen molar-refractivity contribution < 1.29 is 4.79 Å². The Hall–Kier alpha value is -0.940. The van der Waals surface area contributed by atoms with E-state index in [1.54, 1.807) is 12.1 Å². The molecule has 0 aliphatic carbocycles. The largest absolute Gasteiger partial charge is 0.271 e. The van der Waals surface area contributed by atoms with E-state index in [-0.39, 0.29) is 5.91 Å². The quantitative estimate of drug-likeness (QED) is 0.490. The molecule has 1 N–H and O–H groups in total. The highest BCUT2D eigenvalue weighted by Crippen LogP contribution is 2.09. The molecule has 80 valence electrons. The van der Waals surface area contributed by atoms with Gasteiger partial charge in [0.15, 0.2) is 0 Å². The molecule has 0 heterocycles. The van der Waals surface area contributed by atoms with Gasteiger partial charge in [0.2, 0.25) is 0 Å². The van der Waals surface area contributed by atoms with Crippen LogP contribution in [0.25, 0.3) is 0 Å². The fraction of sp³-hybridized carbons (Fsp3) is 0.200. The normalized spacial score (nSPS) is 9.47. The fourth-order valence-corrected chi connectivity index (χ4v) is 1.87. The summed E-state index contributed by atoms with van der Waals surface area (Å²) < 4.78 is 0.833. The summed E-state index contributed by atoms with van der Waals surface area (Å²) in [5, 5.41) is 3.98. The van der Waals surface area contributed by atoms with E-state index in [0.29, 0.717) is 5.56 Å². The summed E-state index contributed by atoms with van der Waals surface area (Å²) in [5.74, 6) is -0.184. The van der Waals surface area contributed by atoms with Crippen molar-refractivity contribution in [2.45, 2.75) is 0 Å². The summed E-state index contributed by atoms with van der Waals surface area (Å²) in [6.07, 6.45) is 3.84. The Bertz CT molecular complexity index is 346. The first-order chi connectivity index (χ1) is 7.27. The number of hydrazone groups is 1. The molecule has 0 aliphatic heterocycles. The molecule has 0 unspecified atom stereocenters. The SMILES string of the molecule is CSC(=NNC(=O)c1ccccc1)SC. The molecule has 1 rings (SSSR count). The molecule has 0 bridgehead atoms. The van der Waals surface area contributed by atoms with E-state index in [1.165, 1.54) is 23.5 Å². The Balaban J connectivity index is 2.61. The molecule has 15 heavy (non-hydrogen) atoms. The van der Waals surface area contributed by atoms with E-state index in [2.05, 4.69) is 10.5 Å². The number of rotatable bonds is 2. The summed E-state index contributed by atoms with van der Waals surface area (Å²) >= 11 is 3.01. The molecule has 0 spiro atoms. The zero-order valence-electron chi connectivity index (χ0n) is 8.56. The number of thioether (sulfide) groups is 2. The average molecular weight is 240 g/mol. The Morgan fingerprint density at radius 1 is 1.20 bits per heavy atom. The van der Waals surface area contributed by atoms with Crippen LogP contribution in [-0.2, 0) is 0 Å². The van der Waals surface area contributed by atoms with Crippen LogP contribution in [0.3, 0.4) is 0 Å². The monoisotopic (exact) mass is 240 g/mol. The summed E-state index contributed by atoms with van der Waals surface area (Å²) in [7, 11) is 0. The number of amides is 1. The van der Waals surface area contributed by atoms with Gasteiger partial charge in [0, 0.05) is 5.56 Å². The summed E-state index contributed by atoms with van der Waals surface area (Å²) in [4.78, 5) is 11.5. The Kier molecular flexibility index (Phi) is 5.28. The molecule has 5 heteroatoms. The maximum atomic E-state index is 11.5. The maximum Gasteiger partial charge on any atom is 0.271 e. The van der Waals surface area contributed by atoms with Gasteiger partial charge in [0.25, 0.3) is 5.91 Å². The zero-order valence-corrected chi connectivity index (χ0v) is 10.2. The van der Waals surface area contributed by atoms with E-state index in [4.69, 9.17) is 0 Å². The lowest BCUT2D eigenvalue weighted by molar-refractivity contribution is 0.0955. The van der Waals surface area contributed by atoms with Gasteiger partial charge >= 0.3 is 0 Å². The topological polar surface area (TPSA) is 41.5 Å². The second-order valence-corrected chi connectivity index (χ2v) is 4.44. The Morgan fingerprint density at radius 2 is 1.80 bits per heavy atom. The number of benzene rings is 1. The van der Waals surface area contributed by atoms with Gasteiger partial charge in [-0.1, -0.05) is 18.2 Å². The minimum Gasteiger partial charge on any atom is -0.267 e. The van der Waals surface area contributed by atoms with Crippen LogP contribution >= 0.6 is 23.5 Å². The van der Waals surface area contributed by atoms with Crippen LogP contribution in [0.4, 0.5) is 0 Å². The molecule has 0 aromatic heterocycles. The lowest BCUT2D eigenvalue weighted by Crippen LogP contribution is -2.18. The van der Waals surface area contributed by atoms with Crippen molar-refractivity contribution in [2.75, 3.05) is 12.5 Å². The summed E-state index contributed by atoms with van der Waals surface area (Å²) in [5.41, 5.74) is 3.12. The molecule has 0 saturated carbocycles. The predicted molar refractivity (Wildman–Crippen MR) is 68.4 cm³/mol. The van der Waals surface area contributed by atoms with Crippen LogP contribution in [0.1, 0.15) is 10.4 Å². The minimum absolute atomic E-state index is 0.184. The molecule has 0 fully saturated rings. The van der Waals surface area contributed by atoms with Gasteiger partial charge in [-0.3, -0.25) is 4.79 Å². The van der Waals surface area contributed by atoms with Crippen LogP contribution in [0.15, 0.2) is 35.4 Å².